The lowest BCUT2D eigenvalue weighted by Gasteiger charge is -1.98. The van der Waals surface area contributed by atoms with Crippen molar-refractivity contribution in [3.63, 3.8) is 0 Å². The van der Waals surface area contributed by atoms with Crippen molar-refractivity contribution in [2.24, 2.45) is 0 Å². The van der Waals surface area contributed by atoms with Crippen LogP contribution in [-0.4, -0.2) is 20.6 Å². The van der Waals surface area contributed by atoms with Crippen LogP contribution in [0.25, 0.3) is 0 Å². The molecular weight excluding hydrogens is 162 g/mol. The maximum Gasteiger partial charge on any atom is 0.136 e. The SMILES string of the molecule is Cc1nc(S(C)=O)ccc1O. The molecule has 60 valence electrons. The Morgan fingerprint density at radius 1 is 1.55 bits per heavy atom. The van der Waals surface area contributed by atoms with Crippen molar-refractivity contribution in [2.75, 3.05) is 6.26 Å². The first-order valence-corrected chi connectivity index (χ1v) is 4.67. The van der Waals surface area contributed by atoms with Crippen molar-refractivity contribution in [1.29, 1.82) is 0 Å². The predicted molar refractivity (Wildman–Crippen MR) is 43.0 cm³/mol. The van der Waals surface area contributed by atoms with E-state index in [-0.39, 0.29) is 5.75 Å². The minimum atomic E-state index is -1.07. The molecule has 1 aromatic rings. The van der Waals surface area contributed by atoms with Gasteiger partial charge in [-0.1, -0.05) is 0 Å². The Morgan fingerprint density at radius 2 is 2.18 bits per heavy atom. The third-order valence-corrected chi connectivity index (χ3v) is 2.14. The van der Waals surface area contributed by atoms with Crippen LogP contribution in [0.2, 0.25) is 0 Å². The molecule has 1 unspecified atom stereocenters. The summed E-state index contributed by atoms with van der Waals surface area (Å²) in [5, 5.41) is 9.56. The van der Waals surface area contributed by atoms with Gasteiger partial charge in [-0.2, -0.15) is 0 Å². The van der Waals surface area contributed by atoms with Crippen molar-refractivity contribution >= 4 is 10.8 Å². The van der Waals surface area contributed by atoms with E-state index in [0.29, 0.717) is 10.7 Å². The van der Waals surface area contributed by atoms with E-state index >= 15 is 0 Å². The summed E-state index contributed by atoms with van der Waals surface area (Å²) in [6.07, 6.45) is 1.55. The molecule has 1 rings (SSSR count). The molecule has 0 fully saturated rings. The number of rotatable bonds is 1. The third-order valence-electron chi connectivity index (χ3n) is 1.33. The van der Waals surface area contributed by atoms with E-state index in [9.17, 15) is 4.21 Å². The highest BCUT2D eigenvalue weighted by Crippen LogP contribution is 2.14. The zero-order valence-electron chi connectivity index (χ0n) is 6.37. The van der Waals surface area contributed by atoms with E-state index in [4.69, 9.17) is 5.11 Å². The van der Waals surface area contributed by atoms with Gasteiger partial charge >= 0.3 is 0 Å². The molecule has 0 saturated heterocycles. The maximum atomic E-state index is 10.9. The molecule has 0 spiro atoms. The number of aromatic hydroxyl groups is 1. The largest absolute Gasteiger partial charge is 0.506 e. The van der Waals surface area contributed by atoms with E-state index in [0.717, 1.165) is 0 Å². The second kappa shape index (κ2) is 3.00. The highest BCUT2D eigenvalue weighted by Gasteiger charge is 2.01. The number of aromatic nitrogens is 1. The molecule has 0 aliphatic heterocycles. The summed E-state index contributed by atoms with van der Waals surface area (Å²) in [6.45, 7) is 1.67. The normalized spacial score (nSPS) is 12.9. The van der Waals surface area contributed by atoms with Gasteiger partial charge in [0.15, 0.2) is 0 Å². The van der Waals surface area contributed by atoms with Gasteiger partial charge in [-0.25, -0.2) is 4.98 Å². The molecule has 0 saturated carbocycles. The van der Waals surface area contributed by atoms with Crippen molar-refractivity contribution < 1.29 is 9.32 Å². The van der Waals surface area contributed by atoms with Gasteiger partial charge in [0.1, 0.15) is 10.8 Å². The lowest BCUT2D eigenvalue weighted by molar-refractivity contribution is 0.466. The molecule has 4 heteroatoms. The molecule has 0 radical (unpaired) electrons. The van der Waals surface area contributed by atoms with E-state index in [1.165, 1.54) is 6.07 Å². The molecule has 0 amide bonds. The van der Waals surface area contributed by atoms with Gasteiger partial charge in [-0.3, -0.25) is 4.21 Å². The van der Waals surface area contributed by atoms with Crippen LogP contribution in [0, 0.1) is 6.92 Å². The molecule has 0 aromatic carbocycles. The van der Waals surface area contributed by atoms with Crippen LogP contribution in [0.5, 0.6) is 5.75 Å². The zero-order chi connectivity index (χ0) is 8.43. The molecule has 0 bridgehead atoms. The lowest BCUT2D eigenvalue weighted by atomic mass is 10.3. The molecular formula is C7H9NO2S. The smallest absolute Gasteiger partial charge is 0.136 e. The first kappa shape index (κ1) is 8.20. The van der Waals surface area contributed by atoms with Gasteiger partial charge in [0.2, 0.25) is 0 Å². The second-order valence-corrected chi connectivity index (χ2v) is 3.53. The predicted octanol–water partition coefficient (Wildman–Crippen LogP) is 0.833. The summed E-state index contributed by atoms with van der Waals surface area (Å²) >= 11 is 0. The van der Waals surface area contributed by atoms with Crippen LogP contribution >= 0.6 is 0 Å². The molecule has 11 heavy (non-hydrogen) atoms. The fourth-order valence-corrected chi connectivity index (χ4v) is 1.22. The number of pyridine rings is 1. The molecule has 3 nitrogen and oxygen atoms in total. The van der Waals surface area contributed by atoms with Gasteiger partial charge in [0, 0.05) is 6.26 Å². The minimum absolute atomic E-state index is 0.138. The average molecular weight is 171 g/mol. The standard InChI is InChI=1S/C7H9NO2S/c1-5-6(9)3-4-7(8-5)11(2)10/h3-4,9H,1-2H3. The summed E-state index contributed by atoms with van der Waals surface area (Å²) in [5.74, 6) is 0.138. The summed E-state index contributed by atoms with van der Waals surface area (Å²) in [4.78, 5) is 3.92. The van der Waals surface area contributed by atoms with Crippen molar-refractivity contribution in [2.45, 2.75) is 11.9 Å². The van der Waals surface area contributed by atoms with Crippen LogP contribution in [0.4, 0.5) is 0 Å². The fourth-order valence-electron chi connectivity index (χ4n) is 0.691. The van der Waals surface area contributed by atoms with Gasteiger partial charge in [0.25, 0.3) is 0 Å². The third kappa shape index (κ3) is 1.77. The van der Waals surface area contributed by atoms with Crippen molar-refractivity contribution in [3.8, 4) is 5.75 Å². The van der Waals surface area contributed by atoms with Crippen molar-refractivity contribution in [3.05, 3.63) is 17.8 Å². The summed E-state index contributed by atoms with van der Waals surface area (Å²) in [7, 11) is -1.07. The summed E-state index contributed by atoms with van der Waals surface area (Å²) in [5.41, 5.74) is 0.512. The average Bonchev–Trinajstić information content (AvgIpc) is 1.94. The van der Waals surface area contributed by atoms with Crippen LogP contribution in [-0.2, 0) is 10.8 Å². The van der Waals surface area contributed by atoms with Crippen molar-refractivity contribution in [1.82, 2.24) is 4.98 Å². The van der Waals surface area contributed by atoms with E-state index < -0.39 is 10.8 Å². The molecule has 1 aromatic heterocycles. The molecule has 1 heterocycles. The fraction of sp³-hybridized carbons (Fsp3) is 0.286. The Labute approximate surface area is 67.5 Å². The maximum absolute atomic E-state index is 10.9. The Balaban J connectivity index is 3.15. The highest BCUT2D eigenvalue weighted by atomic mass is 32.2. The van der Waals surface area contributed by atoms with Crippen LogP contribution < -0.4 is 0 Å². The Hall–Kier alpha value is -0.900. The first-order valence-electron chi connectivity index (χ1n) is 3.11. The Kier molecular flexibility index (Phi) is 2.24. The van der Waals surface area contributed by atoms with Crippen LogP contribution in [0.3, 0.4) is 0 Å². The molecule has 0 aliphatic rings. The monoisotopic (exact) mass is 171 g/mol. The highest BCUT2D eigenvalue weighted by molar-refractivity contribution is 7.84. The van der Waals surface area contributed by atoms with Gasteiger partial charge < -0.3 is 5.11 Å². The number of hydrogen-bond acceptors (Lipinski definition) is 3. The summed E-state index contributed by atoms with van der Waals surface area (Å²) < 4.78 is 10.9. The van der Waals surface area contributed by atoms with E-state index in [2.05, 4.69) is 4.98 Å². The lowest BCUT2D eigenvalue weighted by Crippen LogP contribution is -1.93. The van der Waals surface area contributed by atoms with E-state index in [1.807, 2.05) is 0 Å². The Morgan fingerprint density at radius 3 is 2.64 bits per heavy atom. The van der Waals surface area contributed by atoms with Crippen LogP contribution in [0.15, 0.2) is 17.2 Å². The van der Waals surface area contributed by atoms with E-state index in [1.54, 1.807) is 19.2 Å². The second-order valence-electron chi connectivity index (χ2n) is 2.21. The molecule has 1 N–H and O–H groups in total. The van der Waals surface area contributed by atoms with Crippen LogP contribution in [0.1, 0.15) is 5.69 Å². The topological polar surface area (TPSA) is 50.2 Å². The van der Waals surface area contributed by atoms with Gasteiger partial charge in [0.05, 0.1) is 16.5 Å². The molecule has 0 aliphatic carbocycles. The number of nitrogens with zero attached hydrogens (tertiary/aromatic N) is 1. The minimum Gasteiger partial charge on any atom is -0.506 e. The molecule has 1 atom stereocenters. The number of hydrogen-bond donors (Lipinski definition) is 1. The number of aryl methyl sites for hydroxylation is 1. The van der Waals surface area contributed by atoms with Gasteiger partial charge in [-0.05, 0) is 19.1 Å². The quantitative estimate of drug-likeness (QED) is 0.681. The Bertz CT molecular complexity index is 298. The summed E-state index contributed by atoms with van der Waals surface area (Å²) in [6, 6.07) is 3.05. The first-order chi connectivity index (χ1) is 5.11. The zero-order valence-corrected chi connectivity index (χ0v) is 7.18. The van der Waals surface area contributed by atoms with Gasteiger partial charge in [-0.15, -0.1) is 0 Å².